The van der Waals surface area contributed by atoms with Crippen LogP contribution in [-0.4, -0.2) is 58.5 Å². The number of pyridine rings is 1. The van der Waals surface area contributed by atoms with E-state index >= 15 is 0 Å². The summed E-state index contributed by atoms with van der Waals surface area (Å²) in [4.78, 5) is 6.38. The van der Waals surface area contributed by atoms with Gasteiger partial charge in [0, 0.05) is 37.6 Å². The van der Waals surface area contributed by atoms with Crippen molar-refractivity contribution in [3.05, 3.63) is 29.3 Å². The maximum Gasteiger partial charge on any atom is 0.208 e. The van der Waals surface area contributed by atoms with E-state index in [1.807, 2.05) is 16.8 Å². The molecule has 1 saturated heterocycles. The van der Waals surface area contributed by atoms with Crippen LogP contribution in [0.3, 0.4) is 0 Å². The van der Waals surface area contributed by atoms with Crippen LogP contribution in [0.4, 0.5) is 0 Å². The van der Waals surface area contributed by atoms with Crippen molar-refractivity contribution in [3.63, 3.8) is 0 Å². The minimum absolute atomic E-state index is 0.301. The van der Waals surface area contributed by atoms with Crippen LogP contribution in [0.2, 0.25) is 0 Å². The highest BCUT2D eigenvalue weighted by Crippen LogP contribution is 2.20. The van der Waals surface area contributed by atoms with Crippen molar-refractivity contribution >= 4 is 22.2 Å². The van der Waals surface area contributed by atoms with E-state index in [0.29, 0.717) is 23.9 Å². The average molecular weight is 425 g/mol. The van der Waals surface area contributed by atoms with Gasteiger partial charge >= 0.3 is 0 Å². The molecule has 154 valence electrons. The first-order chi connectivity index (χ1) is 13.4. The van der Waals surface area contributed by atoms with Crippen LogP contribution in [-0.2, 0) is 23.2 Å². The molecule has 0 radical (unpaired) electrons. The molecule has 1 aliphatic heterocycles. The van der Waals surface area contributed by atoms with E-state index in [-0.39, 0.29) is 0 Å². The summed E-state index contributed by atoms with van der Waals surface area (Å²) in [5.74, 6) is 1.16. The molecule has 0 saturated carbocycles. The Kier molecular flexibility index (Phi) is 6.97. The van der Waals surface area contributed by atoms with Crippen molar-refractivity contribution in [1.82, 2.24) is 29.0 Å². The van der Waals surface area contributed by atoms with Gasteiger partial charge in [-0.25, -0.2) is 17.8 Å². The van der Waals surface area contributed by atoms with Crippen LogP contribution in [0.25, 0.3) is 11.4 Å². The number of likely N-dealkylation sites (tertiary alicyclic amines) is 1. The molecule has 0 spiro atoms. The van der Waals surface area contributed by atoms with Gasteiger partial charge in [-0.3, -0.25) is 14.5 Å². The van der Waals surface area contributed by atoms with Crippen molar-refractivity contribution in [2.45, 2.75) is 39.4 Å². The summed E-state index contributed by atoms with van der Waals surface area (Å²) in [7, 11) is -3.16. The van der Waals surface area contributed by atoms with E-state index in [1.165, 1.54) is 6.26 Å². The number of nitrogens with zero attached hydrogens (tertiary/aromatic N) is 5. The van der Waals surface area contributed by atoms with Crippen molar-refractivity contribution in [1.29, 1.82) is 0 Å². The highest BCUT2D eigenvalue weighted by Gasteiger charge is 2.22. The minimum atomic E-state index is -3.16. The molecule has 28 heavy (non-hydrogen) atoms. The molecule has 1 fully saturated rings. The van der Waals surface area contributed by atoms with Gasteiger partial charge in [-0.15, -0.1) is 0 Å². The van der Waals surface area contributed by atoms with Crippen LogP contribution >= 0.6 is 12.2 Å². The lowest BCUT2D eigenvalue weighted by atomic mass is 9.99. The van der Waals surface area contributed by atoms with Gasteiger partial charge in [-0.2, -0.15) is 5.10 Å². The number of hydrogen-bond donors (Lipinski definition) is 1. The quantitative estimate of drug-likeness (QED) is 0.654. The smallest absolute Gasteiger partial charge is 0.208 e. The second-order valence-corrected chi connectivity index (χ2v) is 9.54. The van der Waals surface area contributed by atoms with Crippen LogP contribution in [0.15, 0.2) is 24.5 Å². The van der Waals surface area contributed by atoms with Gasteiger partial charge in [-0.1, -0.05) is 6.92 Å². The fraction of sp³-hybridized carbons (Fsp3) is 0.611. The predicted octanol–water partition coefficient (Wildman–Crippen LogP) is 2.10. The Hall–Kier alpha value is -1.62. The number of hydrogen-bond acceptors (Lipinski definition) is 6. The second-order valence-electron chi connectivity index (χ2n) is 7.34. The average Bonchev–Trinajstić information content (AvgIpc) is 2.97. The lowest BCUT2D eigenvalue weighted by molar-refractivity contribution is 0.132. The normalized spacial score (nSPS) is 18.4. The highest BCUT2D eigenvalue weighted by molar-refractivity contribution is 7.88. The Morgan fingerprint density at radius 2 is 2.07 bits per heavy atom. The first-order valence-corrected chi connectivity index (χ1v) is 11.9. The highest BCUT2D eigenvalue weighted by atomic mass is 32.2. The number of rotatable bonds is 8. The van der Waals surface area contributed by atoms with E-state index in [9.17, 15) is 8.42 Å². The molecule has 2 aromatic rings. The third kappa shape index (κ3) is 5.47. The lowest BCUT2D eigenvalue weighted by Gasteiger charge is -2.32. The third-order valence-electron chi connectivity index (χ3n) is 4.88. The Labute approximate surface area is 171 Å². The second kappa shape index (κ2) is 9.25. The van der Waals surface area contributed by atoms with Crippen LogP contribution in [0.5, 0.6) is 0 Å². The van der Waals surface area contributed by atoms with Gasteiger partial charge in [0.05, 0.1) is 12.9 Å². The van der Waals surface area contributed by atoms with Crippen molar-refractivity contribution < 1.29 is 8.42 Å². The predicted molar refractivity (Wildman–Crippen MR) is 112 cm³/mol. The number of nitrogens with one attached hydrogen (secondary N) is 1. The maximum absolute atomic E-state index is 11.4. The molecular formula is C18H28N6O2S2. The van der Waals surface area contributed by atoms with E-state index in [1.54, 1.807) is 12.4 Å². The molecule has 3 rings (SSSR count). The fourth-order valence-corrected chi connectivity index (χ4v) is 4.39. The molecule has 0 aromatic carbocycles. The zero-order chi connectivity index (χ0) is 20.1. The molecule has 0 aliphatic carbocycles. The summed E-state index contributed by atoms with van der Waals surface area (Å²) in [6.07, 6.45) is 7.76. The van der Waals surface area contributed by atoms with Gasteiger partial charge in [0.25, 0.3) is 0 Å². The summed E-state index contributed by atoms with van der Waals surface area (Å²) < 4.78 is 30.0. The first-order valence-electron chi connectivity index (χ1n) is 9.62. The minimum Gasteiger partial charge on any atom is -0.300 e. The van der Waals surface area contributed by atoms with Crippen molar-refractivity contribution in [2.24, 2.45) is 5.92 Å². The van der Waals surface area contributed by atoms with Crippen molar-refractivity contribution in [2.75, 3.05) is 25.9 Å². The van der Waals surface area contributed by atoms with E-state index in [0.717, 1.165) is 50.3 Å². The Morgan fingerprint density at radius 1 is 1.32 bits per heavy atom. The Morgan fingerprint density at radius 3 is 2.75 bits per heavy atom. The molecule has 1 unspecified atom stereocenters. The number of aromatic nitrogens is 4. The first kappa shape index (κ1) is 21.1. The molecule has 1 N–H and O–H groups in total. The Bertz CT molecular complexity index is 939. The van der Waals surface area contributed by atoms with E-state index < -0.39 is 10.0 Å². The molecule has 0 amide bonds. The fourth-order valence-electron chi connectivity index (χ4n) is 3.58. The van der Waals surface area contributed by atoms with Crippen molar-refractivity contribution in [3.8, 4) is 11.4 Å². The van der Waals surface area contributed by atoms with Crippen LogP contribution in [0.1, 0.15) is 26.2 Å². The molecule has 10 heteroatoms. The third-order valence-corrected chi connectivity index (χ3v) is 6.00. The van der Waals surface area contributed by atoms with Crippen LogP contribution in [0, 0.1) is 10.7 Å². The molecule has 3 heterocycles. The van der Waals surface area contributed by atoms with Crippen LogP contribution < -0.4 is 4.72 Å². The molecule has 1 aliphatic rings. The van der Waals surface area contributed by atoms with Gasteiger partial charge in [0.15, 0.2) is 10.6 Å². The molecule has 2 aromatic heterocycles. The van der Waals surface area contributed by atoms with Gasteiger partial charge in [0.1, 0.15) is 0 Å². The monoisotopic (exact) mass is 424 g/mol. The summed E-state index contributed by atoms with van der Waals surface area (Å²) in [5.41, 5.74) is 1.00. The molecular weight excluding hydrogens is 396 g/mol. The largest absolute Gasteiger partial charge is 0.300 e. The summed E-state index contributed by atoms with van der Waals surface area (Å²) in [5, 5.41) is 4.80. The van der Waals surface area contributed by atoms with Gasteiger partial charge in [-0.05, 0) is 56.1 Å². The Balaban J connectivity index is 1.76. The molecule has 0 bridgehead atoms. The van der Waals surface area contributed by atoms with E-state index in [2.05, 4.69) is 26.1 Å². The summed E-state index contributed by atoms with van der Waals surface area (Å²) in [6.45, 7) is 5.82. The number of sulfonamides is 1. The van der Waals surface area contributed by atoms with Gasteiger partial charge < -0.3 is 0 Å². The zero-order valence-corrected chi connectivity index (χ0v) is 18.0. The number of piperidine rings is 1. The molecule has 1 atom stereocenters. The maximum atomic E-state index is 11.4. The summed E-state index contributed by atoms with van der Waals surface area (Å²) >= 11 is 5.71. The SMILES string of the molecule is CCCn1c(-c2ccncc2)nn(CN2CCCC(CNS(C)(=O)=O)C2)c1=S. The standard InChI is InChI=1S/C18H28N6O2S2/c1-3-10-23-17(16-6-8-19-9-7-16)21-24(18(23)27)14-22-11-4-5-15(13-22)12-20-28(2,25)26/h6-9,15,20H,3-5,10-14H2,1-2H3. The van der Waals surface area contributed by atoms with E-state index in [4.69, 9.17) is 17.3 Å². The lowest BCUT2D eigenvalue weighted by Crippen LogP contribution is -2.41. The zero-order valence-electron chi connectivity index (χ0n) is 16.4. The summed E-state index contributed by atoms with van der Waals surface area (Å²) in [6, 6.07) is 3.89. The topological polar surface area (TPSA) is 85.1 Å². The van der Waals surface area contributed by atoms with Gasteiger partial charge in [0.2, 0.25) is 10.0 Å². The molecule has 8 nitrogen and oxygen atoms in total.